The smallest absolute Gasteiger partial charge is 0.238 e. The Morgan fingerprint density at radius 1 is 0.600 bits per heavy atom. The minimum atomic E-state index is 0.451. The van der Waals surface area contributed by atoms with E-state index in [1.54, 1.807) is 18.6 Å². The fourth-order valence-electron chi connectivity index (χ4n) is 2.99. The molecule has 3 heterocycles. The molecule has 25 heavy (non-hydrogen) atoms. The van der Waals surface area contributed by atoms with E-state index in [4.69, 9.17) is 9.72 Å². The van der Waals surface area contributed by atoms with Crippen LogP contribution in [0.25, 0.3) is 32.8 Å². The van der Waals surface area contributed by atoms with Crippen molar-refractivity contribution in [1.29, 1.82) is 0 Å². The molecule has 5 rings (SSSR count). The van der Waals surface area contributed by atoms with E-state index in [0.717, 1.165) is 38.6 Å². The van der Waals surface area contributed by atoms with Gasteiger partial charge in [0, 0.05) is 23.2 Å². The number of ether oxygens (including phenoxy) is 1. The van der Waals surface area contributed by atoms with Crippen LogP contribution in [-0.2, 0) is 0 Å². The van der Waals surface area contributed by atoms with Gasteiger partial charge in [-0.3, -0.25) is 9.97 Å². The molecule has 0 spiro atoms. The Bertz CT molecular complexity index is 1190. The molecule has 0 saturated heterocycles. The minimum Gasteiger partial charge on any atom is -0.437 e. The van der Waals surface area contributed by atoms with Crippen LogP contribution in [0.2, 0.25) is 0 Å². The first-order chi connectivity index (χ1) is 12.4. The Labute approximate surface area is 143 Å². The van der Waals surface area contributed by atoms with Crippen molar-refractivity contribution in [2.24, 2.45) is 0 Å². The lowest BCUT2D eigenvalue weighted by Crippen LogP contribution is -1.94. The lowest BCUT2D eigenvalue weighted by Gasteiger charge is -2.09. The van der Waals surface area contributed by atoms with Crippen molar-refractivity contribution in [3.05, 3.63) is 73.2 Å². The lowest BCUT2D eigenvalue weighted by molar-refractivity contribution is 0.463. The average molecular weight is 324 g/mol. The predicted molar refractivity (Wildman–Crippen MR) is 96.7 cm³/mol. The number of fused-ring (bicyclic) bond motifs is 6. The fraction of sp³-hybridized carbons (Fsp3) is 0. The Morgan fingerprint density at radius 3 is 1.96 bits per heavy atom. The highest BCUT2D eigenvalue weighted by Crippen LogP contribution is 2.31. The van der Waals surface area contributed by atoms with Crippen LogP contribution in [0.15, 0.2) is 73.2 Å². The van der Waals surface area contributed by atoms with Gasteiger partial charge in [-0.2, -0.15) is 0 Å². The highest BCUT2D eigenvalue weighted by molar-refractivity contribution is 6.20. The maximum Gasteiger partial charge on any atom is 0.238 e. The summed E-state index contributed by atoms with van der Waals surface area (Å²) in [5.74, 6) is 1.17. The normalized spacial score (nSPS) is 11.2. The molecule has 0 saturated carbocycles. The molecule has 0 N–H and O–H groups in total. The first-order valence-electron chi connectivity index (χ1n) is 7.91. The van der Waals surface area contributed by atoms with Crippen molar-refractivity contribution in [2.45, 2.75) is 0 Å². The first-order valence-corrected chi connectivity index (χ1v) is 7.91. The predicted octanol–water partition coefficient (Wildman–Crippen LogP) is 4.52. The molecular weight excluding hydrogens is 312 g/mol. The molecule has 0 bridgehead atoms. The SMILES string of the molecule is c1ccc(Oc2cnc3c4cccnc4c4ncccc4c3n2)cc1. The number of hydrogen-bond acceptors (Lipinski definition) is 5. The van der Waals surface area contributed by atoms with E-state index in [1.165, 1.54) is 0 Å². The van der Waals surface area contributed by atoms with Gasteiger partial charge in [-0.1, -0.05) is 18.2 Å². The van der Waals surface area contributed by atoms with Crippen molar-refractivity contribution in [3.63, 3.8) is 0 Å². The molecule has 5 nitrogen and oxygen atoms in total. The van der Waals surface area contributed by atoms with Gasteiger partial charge in [0.05, 0.1) is 22.7 Å². The summed E-state index contributed by atoms with van der Waals surface area (Å²) in [6.07, 6.45) is 5.17. The minimum absolute atomic E-state index is 0.451. The van der Waals surface area contributed by atoms with Crippen LogP contribution in [0, 0.1) is 0 Å². The quantitative estimate of drug-likeness (QED) is 0.447. The van der Waals surface area contributed by atoms with Crippen molar-refractivity contribution in [1.82, 2.24) is 19.9 Å². The van der Waals surface area contributed by atoms with Gasteiger partial charge >= 0.3 is 0 Å². The molecule has 5 aromatic rings. The third-order valence-electron chi connectivity index (χ3n) is 4.07. The summed E-state index contributed by atoms with van der Waals surface area (Å²) in [6.45, 7) is 0. The van der Waals surface area contributed by atoms with Gasteiger partial charge in [0.15, 0.2) is 0 Å². The molecule has 0 unspecified atom stereocenters. The number of hydrogen-bond donors (Lipinski definition) is 0. The second-order valence-electron chi connectivity index (χ2n) is 5.62. The molecule has 0 radical (unpaired) electrons. The second-order valence-corrected chi connectivity index (χ2v) is 5.62. The third kappa shape index (κ3) is 2.25. The number of benzene rings is 2. The van der Waals surface area contributed by atoms with Crippen molar-refractivity contribution < 1.29 is 4.74 Å². The second kappa shape index (κ2) is 5.49. The van der Waals surface area contributed by atoms with Crippen LogP contribution in [0.5, 0.6) is 11.6 Å². The molecule has 0 aliphatic heterocycles. The molecule has 2 aromatic carbocycles. The van der Waals surface area contributed by atoms with Crippen LogP contribution in [0.1, 0.15) is 0 Å². The Balaban J connectivity index is 1.81. The number of aromatic nitrogens is 4. The molecule has 0 aliphatic rings. The van der Waals surface area contributed by atoms with E-state index in [1.807, 2.05) is 54.6 Å². The van der Waals surface area contributed by atoms with Gasteiger partial charge in [0.2, 0.25) is 5.88 Å². The number of para-hydroxylation sites is 1. The first kappa shape index (κ1) is 13.8. The largest absolute Gasteiger partial charge is 0.437 e. The molecule has 0 amide bonds. The highest BCUT2D eigenvalue weighted by atomic mass is 16.5. The van der Waals surface area contributed by atoms with Gasteiger partial charge < -0.3 is 4.74 Å². The summed E-state index contributed by atoms with van der Waals surface area (Å²) in [4.78, 5) is 18.3. The zero-order valence-electron chi connectivity index (χ0n) is 13.1. The molecular formula is C20H12N4O. The van der Waals surface area contributed by atoms with E-state index in [2.05, 4.69) is 15.0 Å². The molecule has 118 valence electrons. The van der Waals surface area contributed by atoms with Crippen molar-refractivity contribution >= 4 is 32.8 Å². The van der Waals surface area contributed by atoms with Crippen LogP contribution in [0.3, 0.4) is 0 Å². The lowest BCUT2D eigenvalue weighted by atomic mass is 10.1. The molecule has 0 aliphatic carbocycles. The average Bonchev–Trinajstić information content (AvgIpc) is 2.69. The maximum absolute atomic E-state index is 5.84. The fourth-order valence-corrected chi connectivity index (χ4v) is 2.99. The van der Waals surface area contributed by atoms with Crippen LogP contribution >= 0.6 is 0 Å². The van der Waals surface area contributed by atoms with E-state index in [-0.39, 0.29) is 0 Å². The van der Waals surface area contributed by atoms with E-state index < -0.39 is 0 Å². The van der Waals surface area contributed by atoms with Crippen molar-refractivity contribution in [3.8, 4) is 11.6 Å². The third-order valence-corrected chi connectivity index (χ3v) is 4.07. The van der Waals surface area contributed by atoms with Gasteiger partial charge in [-0.05, 0) is 36.4 Å². The number of pyridine rings is 2. The Morgan fingerprint density at radius 2 is 1.24 bits per heavy atom. The van der Waals surface area contributed by atoms with Gasteiger partial charge in [0.25, 0.3) is 0 Å². The topological polar surface area (TPSA) is 60.8 Å². The van der Waals surface area contributed by atoms with Gasteiger partial charge in [0.1, 0.15) is 11.3 Å². The van der Waals surface area contributed by atoms with E-state index in [0.29, 0.717) is 5.88 Å². The summed E-state index contributed by atoms with van der Waals surface area (Å²) in [5, 5.41) is 1.84. The Kier molecular flexibility index (Phi) is 3.03. The summed E-state index contributed by atoms with van der Waals surface area (Å²) in [6, 6.07) is 17.3. The maximum atomic E-state index is 5.84. The van der Waals surface area contributed by atoms with Crippen LogP contribution in [0.4, 0.5) is 0 Å². The molecule has 3 aromatic heterocycles. The number of nitrogens with zero attached hydrogens (tertiary/aromatic N) is 4. The summed E-state index contributed by atoms with van der Waals surface area (Å²) >= 11 is 0. The monoisotopic (exact) mass is 324 g/mol. The standard InChI is InChI=1S/C20H12N4O/c1-2-6-13(7-3-1)25-16-12-23-19-14-8-4-10-21-17(14)18-15(20(19)24-16)9-5-11-22-18/h1-12H. The van der Waals surface area contributed by atoms with Gasteiger partial charge in [-0.25, -0.2) is 9.97 Å². The van der Waals surface area contributed by atoms with E-state index >= 15 is 0 Å². The summed E-state index contributed by atoms with van der Waals surface area (Å²) in [5.41, 5.74) is 3.20. The number of rotatable bonds is 2. The molecule has 0 fully saturated rings. The zero-order valence-corrected chi connectivity index (χ0v) is 13.1. The highest BCUT2D eigenvalue weighted by Gasteiger charge is 2.13. The summed E-state index contributed by atoms with van der Waals surface area (Å²) < 4.78 is 5.84. The Hall–Kier alpha value is -3.60. The molecule has 0 atom stereocenters. The van der Waals surface area contributed by atoms with Crippen molar-refractivity contribution in [2.75, 3.05) is 0 Å². The van der Waals surface area contributed by atoms with E-state index in [9.17, 15) is 0 Å². The van der Waals surface area contributed by atoms with Crippen LogP contribution < -0.4 is 4.74 Å². The summed E-state index contributed by atoms with van der Waals surface area (Å²) in [7, 11) is 0. The molecule has 5 heteroatoms. The van der Waals surface area contributed by atoms with Gasteiger partial charge in [-0.15, -0.1) is 0 Å². The zero-order chi connectivity index (χ0) is 16.6. The van der Waals surface area contributed by atoms with Crippen LogP contribution in [-0.4, -0.2) is 19.9 Å².